The minimum Gasteiger partial charge on any atom is -0.490 e. The summed E-state index contributed by atoms with van der Waals surface area (Å²) in [5.74, 6) is 0.775. The lowest BCUT2D eigenvalue weighted by Gasteiger charge is -2.29. The zero-order valence-electron chi connectivity index (χ0n) is 11.1. The first kappa shape index (κ1) is 13.2. The Morgan fingerprint density at radius 1 is 1.25 bits per heavy atom. The highest BCUT2D eigenvalue weighted by Gasteiger charge is 2.24. The number of hydrogen-bond donors (Lipinski definition) is 0. The maximum Gasteiger partial charge on any atom is 0.258 e. The van der Waals surface area contributed by atoms with Crippen LogP contribution in [0.25, 0.3) is 0 Å². The molecule has 0 aromatic heterocycles. The minimum absolute atomic E-state index is 0.0105. The van der Waals surface area contributed by atoms with E-state index in [0.717, 1.165) is 21.5 Å². The fourth-order valence-electron chi connectivity index (χ4n) is 2.31. The average molecular weight is 332 g/mol. The lowest BCUT2D eigenvalue weighted by atomic mass is 10.1. The average Bonchev–Trinajstić information content (AvgIpc) is 2.49. The number of aryl methyl sites for hydroxylation is 1. The van der Waals surface area contributed by atoms with Gasteiger partial charge in [-0.05, 0) is 42.8 Å². The normalized spacial score (nSPS) is 13.6. The van der Waals surface area contributed by atoms with E-state index in [0.29, 0.717) is 18.7 Å². The molecule has 0 bridgehead atoms. The molecule has 0 spiro atoms. The molecule has 0 radical (unpaired) electrons. The molecule has 4 heteroatoms. The summed E-state index contributed by atoms with van der Waals surface area (Å²) in [6.45, 7) is 3.08. The van der Waals surface area contributed by atoms with Gasteiger partial charge in [-0.25, -0.2) is 0 Å². The van der Waals surface area contributed by atoms with Gasteiger partial charge in [0.05, 0.1) is 12.2 Å². The summed E-state index contributed by atoms with van der Waals surface area (Å²) in [6.07, 6.45) is 0. The zero-order valence-corrected chi connectivity index (χ0v) is 12.7. The Balaban J connectivity index is 1.97. The molecule has 2 aromatic carbocycles. The zero-order chi connectivity index (χ0) is 14.1. The summed E-state index contributed by atoms with van der Waals surface area (Å²) in [4.78, 5) is 14.5. The van der Waals surface area contributed by atoms with Gasteiger partial charge in [0.25, 0.3) is 5.91 Å². The second-order valence-corrected chi connectivity index (χ2v) is 5.59. The molecule has 0 saturated heterocycles. The lowest BCUT2D eigenvalue weighted by molar-refractivity contribution is 0.0976. The predicted octanol–water partition coefficient (Wildman–Crippen LogP) is 3.80. The third-order valence-electron chi connectivity index (χ3n) is 3.38. The molecule has 3 rings (SSSR count). The number of carbonyl (C=O) groups excluding carboxylic acids is 1. The van der Waals surface area contributed by atoms with Crippen LogP contribution in [-0.4, -0.2) is 19.1 Å². The summed E-state index contributed by atoms with van der Waals surface area (Å²) in [7, 11) is 0. The van der Waals surface area contributed by atoms with Crippen molar-refractivity contribution in [3.8, 4) is 5.75 Å². The van der Waals surface area contributed by atoms with Gasteiger partial charge in [-0.3, -0.25) is 4.79 Å². The lowest BCUT2D eigenvalue weighted by Crippen LogP contribution is -2.37. The van der Waals surface area contributed by atoms with Crippen molar-refractivity contribution in [2.45, 2.75) is 6.92 Å². The second kappa shape index (κ2) is 5.29. The van der Waals surface area contributed by atoms with Crippen molar-refractivity contribution in [3.63, 3.8) is 0 Å². The van der Waals surface area contributed by atoms with Gasteiger partial charge in [0.1, 0.15) is 12.4 Å². The molecule has 0 unspecified atom stereocenters. The second-order valence-electron chi connectivity index (χ2n) is 4.74. The van der Waals surface area contributed by atoms with Crippen LogP contribution in [0.15, 0.2) is 46.9 Å². The number of carbonyl (C=O) groups is 1. The number of ether oxygens (including phenoxy) is 1. The summed E-state index contributed by atoms with van der Waals surface area (Å²) < 4.78 is 6.59. The monoisotopic (exact) mass is 331 g/mol. The smallest absolute Gasteiger partial charge is 0.258 e. The molecule has 0 saturated carbocycles. The Labute approximate surface area is 126 Å². The van der Waals surface area contributed by atoms with Gasteiger partial charge >= 0.3 is 0 Å². The predicted molar refractivity (Wildman–Crippen MR) is 82.5 cm³/mol. The Kier molecular flexibility index (Phi) is 3.49. The van der Waals surface area contributed by atoms with Crippen LogP contribution in [0, 0.1) is 6.92 Å². The maximum atomic E-state index is 12.7. The van der Waals surface area contributed by atoms with E-state index in [1.165, 1.54) is 0 Å². The van der Waals surface area contributed by atoms with Crippen LogP contribution in [0.4, 0.5) is 5.69 Å². The third kappa shape index (κ3) is 2.31. The van der Waals surface area contributed by atoms with Crippen LogP contribution in [0.5, 0.6) is 5.75 Å². The van der Waals surface area contributed by atoms with Crippen molar-refractivity contribution in [2.24, 2.45) is 0 Å². The third-order valence-corrected chi connectivity index (χ3v) is 4.27. The van der Waals surface area contributed by atoms with E-state index in [1.54, 1.807) is 4.90 Å². The highest BCUT2D eigenvalue weighted by atomic mass is 79.9. The Bertz CT molecular complexity index is 669. The molecule has 0 fully saturated rings. The molecular weight excluding hydrogens is 318 g/mol. The topological polar surface area (TPSA) is 29.5 Å². The molecular formula is C16H14BrNO2. The summed E-state index contributed by atoms with van der Waals surface area (Å²) >= 11 is 3.46. The number of rotatable bonds is 1. The van der Waals surface area contributed by atoms with Crippen LogP contribution in [-0.2, 0) is 0 Å². The quantitative estimate of drug-likeness (QED) is 0.795. The molecule has 0 atom stereocenters. The molecule has 0 N–H and O–H groups in total. The molecule has 1 amide bonds. The Morgan fingerprint density at radius 2 is 2.05 bits per heavy atom. The fraction of sp³-hybridized carbons (Fsp3) is 0.188. The standard InChI is InChI=1S/C16H14BrNO2/c1-11-10-12(6-7-13(11)17)16(19)18-8-9-20-15-5-3-2-4-14(15)18/h2-7,10H,8-9H2,1H3. The van der Waals surface area contributed by atoms with Crippen molar-refractivity contribution in [2.75, 3.05) is 18.1 Å². The molecule has 1 aliphatic rings. The number of halogens is 1. The van der Waals surface area contributed by atoms with Gasteiger partial charge in [-0.2, -0.15) is 0 Å². The summed E-state index contributed by atoms with van der Waals surface area (Å²) in [5.41, 5.74) is 2.59. The molecule has 2 aromatic rings. The number of amides is 1. The van der Waals surface area contributed by atoms with E-state index in [9.17, 15) is 4.79 Å². The van der Waals surface area contributed by atoms with Crippen molar-refractivity contribution in [1.29, 1.82) is 0 Å². The Morgan fingerprint density at radius 3 is 2.85 bits per heavy atom. The van der Waals surface area contributed by atoms with Gasteiger partial charge in [0.2, 0.25) is 0 Å². The van der Waals surface area contributed by atoms with E-state index in [2.05, 4.69) is 15.9 Å². The number of nitrogens with zero attached hydrogens (tertiary/aromatic N) is 1. The van der Waals surface area contributed by atoms with Gasteiger partial charge in [0.15, 0.2) is 0 Å². The van der Waals surface area contributed by atoms with Gasteiger partial charge < -0.3 is 9.64 Å². The molecule has 20 heavy (non-hydrogen) atoms. The number of fused-ring (bicyclic) bond motifs is 1. The van der Waals surface area contributed by atoms with E-state index in [1.807, 2.05) is 49.4 Å². The van der Waals surface area contributed by atoms with Crippen LogP contribution < -0.4 is 9.64 Å². The van der Waals surface area contributed by atoms with Crippen molar-refractivity contribution in [1.82, 2.24) is 0 Å². The molecule has 1 heterocycles. The number of para-hydroxylation sites is 2. The van der Waals surface area contributed by atoms with Crippen LogP contribution in [0.1, 0.15) is 15.9 Å². The van der Waals surface area contributed by atoms with Gasteiger partial charge in [-0.15, -0.1) is 0 Å². The molecule has 3 nitrogen and oxygen atoms in total. The number of benzene rings is 2. The van der Waals surface area contributed by atoms with Crippen molar-refractivity contribution in [3.05, 3.63) is 58.1 Å². The van der Waals surface area contributed by atoms with Crippen molar-refractivity contribution < 1.29 is 9.53 Å². The van der Waals surface area contributed by atoms with Crippen LogP contribution >= 0.6 is 15.9 Å². The maximum absolute atomic E-state index is 12.7. The number of anilines is 1. The Hall–Kier alpha value is -1.81. The minimum atomic E-state index is 0.0105. The van der Waals surface area contributed by atoms with Crippen LogP contribution in [0.3, 0.4) is 0 Å². The first-order valence-electron chi connectivity index (χ1n) is 6.46. The van der Waals surface area contributed by atoms with E-state index in [-0.39, 0.29) is 5.91 Å². The molecule has 0 aliphatic carbocycles. The van der Waals surface area contributed by atoms with Gasteiger partial charge in [-0.1, -0.05) is 28.1 Å². The fourth-order valence-corrected chi connectivity index (χ4v) is 2.56. The first-order valence-corrected chi connectivity index (χ1v) is 7.26. The van der Waals surface area contributed by atoms with Gasteiger partial charge in [0, 0.05) is 10.0 Å². The van der Waals surface area contributed by atoms with E-state index >= 15 is 0 Å². The SMILES string of the molecule is Cc1cc(C(=O)N2CCOc3ccccc32)ccc1Br. The van der Waals surface area contributed by atoms with Crippen molar-refractivity contribution >= 4 is 27.5 Å². The molecule has 1 aliphatic heterocycles. The van der Waals surface area contributed by atoms with E-state index < -0.39 is 0 Å². The highest BCUT2D eigenvalue weighted by Crippen LogP contribution is 2.32. The number of hydrogen-bond acceptors (Lipinski definition) is 2. The van der Waals surface area contributed by atoms with E-state index in [4.69, 9.17) is 4.74 Å². The first-order chi connectivity index (χ1) is 9.66. The summed E-state index contributed by atoms with van der Waals surface area (Å²) in [6, 6.07) is 13.3. The summed E-state index contributed by atoms with van der Waals surface area (Å²) in [5, 5.41) is 0. The highest BCUT2D eigenvalue weighted by molar-refractivity contribution is 9.10. The largest absolute Gasteiger partial charge is 0.490 e. The van der Waals surface area contributed by atoms with Crippen LogP contribution in [0.2, 0.25) is 0 Å². The molecule has 102 valence electrons.